The van der Waals surface area contributed by atoms with Gasteiger partial charge in [-0.05, 0) is 54.4 Å². The Labute approximate surface area is 135 Å². The van der Waals surface area contributed by atoms with Gasteiger partial charge in [0.2, 0.25) is 5.91 Å². The number of amides is 1. The van der Waals surface area contributed by atoms with Crippen LogP contribution >= 0.6 is 0 Å². The first-order chi connectivity index (χ1) is 11.1. The summed E-state index contributed by atoms with van der Waals surface area (Å²) < 4.78 is 5.40. The van der Waals surface area contributed by atoms with Crippen LogP contribution in [0.2, 0.25) is 0 Å². The number of benzene rings is 1. The van der Waals surface area contributed by atoms with E-state index in [-0.39, 0.29) is 11.8 Å². The van der Waals surface area contributed by atoms with Gasteiger partial charge in [0.1, 0.15) is 0 Å². The number of carbonyl (C=O) groups is 2. The number of carboxylic acids is 1. The summed E-state index contributed by atoms with van der Waals surface area (Å²) in [4.78, 5) is 25.7. The van der Waals surface area contributed by atoms with Crippen LogP contribution in [-0.4, -0.2) is 35.1 Å². The number of ether oxygens (including phenoxy) is 1. The molecule has 2 heterocycles. The lowest BCUT2D eigenvalue weighted by Gasteiger charge is -2.23. The smallest absolute Gasteiger partial charge is 0.335 e. The highest BCUT2D eigenvalue weighted by Gasteiger charge is 2.49. The molecule has 1 saturated carbocycles. The lowest BCUT2D eigenvalue weighted by molar-refractivity contribution is -0.133. The van der Waals surface area contributed by atoms with Gasteiger partial charge in [-0.2, -0.15) is 0 Å². The van der Waals surface area contributed by atoms with Gasteiger partial charge >= 0.3 is 5.97 Å². The Bertz CT molecular complexity index is 650. The number of carbonyl (C=O) groups excluding carboxylic acids is 1. The number of carboxylic acid groups (broad SMARTS) is 1. The molecule has 1 aromatic rings. The topological polar surface area (TPSA) is 66.8 Å². The van der Waals surface area contributed by atoms with Crippen LogP contribution in [0.4, 0.5) is 0 Å². The second-order valence-corrected chi connectivity index (χ2v) is 6.94. The number of fused-ring (bicyclic) bond motifs is 1. The zero-order chi connectivity index (χ0) is 16.0. The van der Waals surface area contributed by atoms with Gasteiger partial charge in [0.25, 0.3) is 0 Å². The van der Waals surface area contributed by atoms with Crippen LogP contribution < -0.4 is 0 Å². The second-order valence-electron chi connectivity index (χ2n) is 6.94. The Morgan fingerprint density at radius 2 is 1.87 bits per heavy atom. The third kappa shape index (κ3) is 2.74. The van der Waals surface area contributed by atoms with E-state index in [1.54, 1.807) is 12.1 Å². The average molecular weight is 315 g/mol. The van der Waals surface area contributed by atoms with Crippen LogP contribution in [0.3, 0.4) is 0 Å². The van der Waals surface area contributed by atoms with Crippen molar-refractivity contribution in [1.29, 1.82) is 0 Å². The molecule has 5 heteroatoms. The summed E-state index contributed by atoms with van der Waals surface area (Å²) in [5.74, 6) is 0.672. The molecule has 2 fully saturated rings. The zero-order valence-electron chi connectivity index (χ0n) is 13.0. The number of rotatable bonds is 3. The van der Waals surface area contributed by atoms with Crippen LogP contribution in [0.25, 0.3) is 0 Å². The van der Waals surface area contributed by atoms with E-state index in [9.17, 15) is 9.59 Å². The van der Waals surface area contributed by atoms with E-state index in [0.29, 0.717) is 30.5 Å². The first-order valence-electron chi connectivity index (χ1n) is 8.35. The highest BCUT2D eigenvalue weighted by Crippen LogP contribution is 2.49. The normalized spacial score (nSPS) is 26.9. The Hall–Kier alpha value is -1.88. The molecular weight excluding hydrogens is 294 g/mol. The van der Waals surface area contributed by atoms with Gasteiger partial charge in [-0.15, -0.1) is 0 Å². The van der Waals surface area contributed by atoms with Crippen molar-refractivity contribution in [3.63, 3.8) is 0 Å². The quantitative estimate of drug-likeness (QED) is 0.929. The fourth-order valence-electron chi connectivity index (χ4n) is 4.08. The first kappa shape index (κ1) is 14.7. The largest absolute Gasteiger partial charge is 0.478 e. The van der Waals surface area contributed by atoms with E-state index in [1.165, 1.54) is 0 Å². The standard InChI is InChI=1S/C18H21NO4/c20-17(16-8-15(16)11-3-5-23-6-4-11)19-9-13-2-1-12(18(21)22)7-14(13)10-19/h1-2,7,11,15-16H,3-6,8-10H2,(H,21,22)/t15-,16+/m0/s1. The SMILES string of the molecule is O=C(O)c1ccc2c(c1)CN(C(=O)[C@@H]1C[C@H]1C1CCOCC1)C2. The number of hydrogen-bond acceptors (Lipinski definition) is 3. The molecule has 1 N–H and O–H groups in total. The maximum absolute atomic E-state index is 12.7. The summed E-state index contributed by atoms with van der Waals surface area (Å²) in [7, 11) is 0. The van der Waals surface area contributed by atoms with E-state index in [2.05, 4.69) is 0 Å². The number of aromatic carboxylic acids is 1. The predicted octanol–water partition coefficient (Wildman–Crippen LogP) is 2.29. The molecule has 5 nitrogen and oxygen atoms in total. The summed E-state index contributed by atoms with van der Waals surface area (Å²) >= 11 is 0. The Balaban J connectivity index is 1.40. The van der Waals surface area contributed by atoms with E-state index >= 15 is 0 Å². The molecule has 3 aliphatic rings. The summed E-state index contributed by atoms with van der Waals surface area (Å²) in [5, 5.41) is 9.08. The predicted molar refractivity (Wildman–Crippen MR) is 82.8 cm³/mol. The van der Waals surface area contributed by atoms with Crippen molar-refractivity contribution in [3.8, 4) is 0 Å². The van der Waals surface area contributed by atoms with Gasteiger partial charge in [-0.1, -0.05) is 6.07 Å². The van der Waals surface area contributed by atoms with Gasteiger partial charge in [0, 0.05) is 32.2 Å². The fourth-order valence-corrected chi connectivity index (χ4v) is 4.08. The zero-order valence-corrected chi connectivity index (χ0v) is 13.0. The van der Waals surface area contributed by atoms with Crippen molar-refractivity contribution in [3.05, 3.63) is 34.9 Å². The van der Waals surface area contributed by atoms with Crippen molar-refractivity contribution >= 4 is 11.9 Å². The Kier molecular flexibility index (Phi) is 3.60. The van der Waals surface area contributed by atoms with Crippen molar-refractivity contribution < 1.29 is 19.4 Å². The van der Waals surface area contributed by atoms with Crippen LogP contribution in [0, 0.1) is 17.8 Å². The third-order valence-corrected chi connectivity index (χ3v) is 5.52. The number of nitrogens with zero attached hydrogens (tertiary/aromatic N) is 1. The highest BCUT2D eigenvalue weighted by atomic mass is 16.5. The lowest BCUT2D eigenvalue weighted by atomic mass is 9.93. The van der Waals surface area contributed by atoms with Crippen molar-refractivity contribution in [2.45, 2.75) is 32.4 Å². The monoisotopic (exact) mass is 315 g/mol. The Morgan fingerprint density at radius 1 is 1.13 bits per heavy atom. The molecule has 4 rings (SSSR count). The van der Waals surface area contributed by atoms with Gasteiger partial charge in [-0.3, -0.25) is 4.79 Å². The molecule has 23 heavy (non-hydrogen) atoms. The van der Waals surface area contributed by atoms with Crippen molar-refractivity contribution in [2.24, 2.45) is 17.8 Å². The fraction of sp³-hybridized carbons (Fsp3) is 0.556. The van der Waals surface area contributed by atoms with E-state index in [4.69, 9.17) is 9.84 Å². The van der Waals surface area contributed by atoms with E-state index < -0.39 is 5.97 Å². The number of hydrogen-bond donors (Lipinski definition) is 1. The molecule has 0 aromatic heterocycles. The maximum Gasteiger partial charge on any atom is 0.335 e. The van der Waals surface area contributed by atoms with Crippen LogP contribution in [0.1, 0.15) is 40.7 Å². The molecule has 2 atom stereocenters. The van der Waals surface area contributed by atoms with Crippen molar-refractivity contribution in [2.75, 3.05) is 13.2 Å². The minimum atomic E-state index is -0.917. The Morgan fingerprint density at radius 3 is 2.61 bits per heavy atom. The van der Waals surface area contributed by atoms with Crippen LogP contribution in [-0.2, 0) is 22.6 Å². The molecule has 1 aromatic carbocycles. The molecule has 1 aliphatic carbocycles. The molecule has 1 amide bonds. The molecule has 0 unspecified atom stereocenters. The molecule has 0 bridgehead atoms. The second kappa shape index (κ2) is 5.64. The molecule has 2 aliphatic heterocycles. The molecule has 0 radical (unpaired) electrons. The van der Waals surface area contributed by atoms with E-state index in [1.807, 2.05) is 11.0 Å². The summed E-state index contributed by atoms with van der Waals surface area (Å²) in [6.07, 6.45) is 3.17. The minimum Gasteiger partial charge on any atom is -0.478 e. The third-order valence-electron chi connectivity index (χ3n) is 5.52. The minimum absolute atomic E-state index is 0.173. The average Bonchev–Trinajstić information content (AvgIpc) is 3.25. The molecule has 1 saturated heterocycles. The molecule has 122 valence electrons. The highest BCUT2D eigenvalue weighted by molar-refractivity contribution is 5.88. The van der Waals surface area contributed by atoms with Gasteiger partial charge in [-0.25, -0.2) is 4.79 Å². The van der Waals surface area contributed by atoms with Crippen molar-refractivity contribution in [1.82, 2.24) is 4.90 Å². The van der Waals surface area contributed by atoms with Gasteiger partial charge in [0.05, 0.1) is 5.56 Å². The maximum atomic E-state index is 12.7. The molecule has 0 spiro atoms. The summed E-state index contributed by atoms with van der Waals surface area (Å²) in [5.41, 5.74) is 2.35. The molecular formula is C18H21NO4. The van der Waals surface area contributed by atoms with Gasteiger partial charge < -0.3 is 14.7 Å². The van der Waals surface area contributed by atoms with Crippen LogP contribution in [0.15, 0.2) is 18.2 Å². The van der Waals surface area contributed by atoms with Gasteiger partial charge in [0.15, 0.2) is 0 Å². The lowest BCUT2D eigenvalue weighted by Crippen LogP contribution is -2.28. The van der Waals surface area contributed by atoms with Crippen LogP contribution in [0.5, 0.6) is 0 Å². The first-order valence-corrected chi connectivity index (χ1v) is 8.35. The summed E-state index contributed by atoms with van der Waals surface area (Å²) in [6, 6.07) is 5.17. The van der Waals surface area contributed by atoms with E-state index in [0.717, 1.165) is 43.6 Å². The summed E-state index contributed by atoms with van der Waals surface area (Å²) in [6.45, 7) is 2.82.